The zero-order valence-electron chi connectivity index (χ0n) is 8.71. The molecule has 1 aromatic carbocycles. The van der Waals surface area contributed by atoms with E-state index in [2.05, 4.69) is 34.0 Å². The Balaban J connectivity index is 1.84. The van der Waals surface area contributed by atoms with Gasteiger partial charge in [0.05, 0.1) is 3.57 Å². The molecule has 2 nitrogen and oxygen atoms in total. The molecule has 1 N–H and O–H groups in total. The molecule has 0 bridgehead atoms. The van der Waals surface area contributed by atoms with E-state index >= 15 is 0 Å². The van der Waals surface area contributed by atoms with E-state index in [1.54, 1.807) is 0 Å². The summed E-state index contributed by atoms with van der Waals surface area (Å²) in [6.45, 7) is 1.93. The summed E-state index contributed by atoms with van der Waals surface area (Å²) < 4.78 is 6.99. The maximum atomic E-state index is 5.81. The fourth-order valence-electron chi connectivity index (χ4n) is 1.82. The van der Waals surface area contributed by atoms with E-state index in [0.29, 0.717) is 6.04 Å². The van der Waals surface area contributed by atoms with Crippen LogP contribution in [0.25, 0.3) is 0 Å². The highest BCUT2D eigenvalue weighted by atomic mass is 127. The van der Waals surface area contributed by atoms with Gasteiger partial charge in [-0.15, -0.1) is 0 Å². The number of nitrogens with one attached hydrogen (secondary N) is 1. The van der Waals surface area contributed by atoms with Gasteiger partial charge in [-0.1, -0.05) is 18.6 Å². The van der Waals surface area contributed by atoms with Crippen LogP contribution in [0.1, 0.15) is 19.3 Å². The molecule has 0 aliphatic carbocycles. The van der Waals surface area contributed by atoms with Crippen molar-refractivity contribution in [1.82, 2.24) is 5.32 Å². The summed E-state index contributed by atoms with van der Waals surface area (Å²) in [6.07, 6.45) is 3.87. The molecule has 0 saturated carbocycles. The maximum absolute atomic E-state index is 5.81. The van der Waals surface area contributed by atoms with Gasteiger partial charge < -0.3 is 10.1 Å². The third-order valence-corrected chi connectivity index (χ3v) is 3.58. The van der Waals surface area contributed by atoms with Crippen molar-refractivity contribution in [2.45, 2.75) is 25.3 Å². The molecule has 0 amide bonds. The molecule has 2 rings (SSSR count). The molecular weight excluding hydrogens is 301 g/mol. The fourth-order valence-corrected chi connectivity index (χ4v) is 2.36. The topological polar surface area (TPSA) is 21.3 Å². The Labute approximate surface area is 105 Å². The van der Waals surface area contributed by atoms with E-state index in [-0.39, 0.29) is 0 Å². The van der Waals surface area contributed by atoms with Crippen molar-refractivity contribution in [3.05, 3.63) is 27.8 Å². The molecule has 1 saturated heterocycles. The second-order valence-corrected chi connectivity index (χ2v) is 5.05. The first-order valence-corrected chi connectivity index (χ1v) is 6.55. The van der Waals surface area contributed by atoms with E-state index in [4.69, 9.17) is 4.74 Å². The SMILES string of the molecule is Ic1ccccc1OCC1CCCCN1. The van der Waals surface area contributed by atoms with Gasteiger partial charge in [-0.05, 0) is 54.1 Å². The Hall–Kier alpha value is -0.290. The summed E-state index contributed by atoms with van der Waals surface area (Å²) in [5.74, 6) is 1.01. The highest BCUT2D eigenvalue weighted by Crippen LogP contribution is 2.20. The largest absolute Gasteiger partial charge is 0.491 e. The van der Waals surface area contributed by atoms with Crippen LogP contribution in [-0.2, 0) is 0 Å². The third kappa shape index (κ3) is 3.34. The summed E-state index contributed by atoms with van der Waals surface area (Å²) in [5, 5.41) is 3.48. The number of hydrogen-bond donors (Lipinski definition) is 1. The Morgan fingerprint density at radius 3 is 2.93 bits per heavy atom. The van der Waals surface area contributed by atoms with Crippen LogP contribution < -0.4 is 10.1 Å². The molecule has 15 heavy (non-hydrogen) atoms. The number of halogens is 1. The van der Waals surface area contributed by atoms with Gasteiger partial charge >= 0.3 is 0 Å². The molecule has 1 aliphatic rings. The number of ether oxygens (including phenoxy) is 1. The second kappa shape index (κ2) is 5.70. The lowest BCUT2D eigenvalue weighted by atomic mass is 10.1. The Morgan fingerprint density at radius 1 is 1.33 bits per heavy atom. The lowest BCUT2D eigenvalue weighted by Crippen LogP contribution is -2.38. The van der Waals surface area contributed by atoms with Crippen molar-refractivity contribution in [2.75, 3.05) is 13.2 Å². The monoisotopic (exact) mass is 317 g/mol. The minimum atomic E-state index is 0.537. The molecule has 0 spiro atoms. The van der Waals surface area contributed by atoms with Gasteiger partial charge in [0, 0.05) is 6.04 Å². The van der Waals surface area contributed by atoms with Crippen LogP contribution in [-0.4, -0.2) is 19.2 Å². The number of hydrogen-bond acceptors (Lipinski definition) is 2. The lowest BCUT2D eigenvalue weighted by molar-refractivity contribution is 0.238. The van der Waals surface area contributed by atoms with Gasteiger partial charge in [-0.3, -0.25) is 0 Å². The van der Waals surface area contributed by atoms with Gasteiger partial charge in [0.1, 0.15) is 12.4 Å². The number of rotatable bonds is 3. The zero-order valence-corrected chi connectivity index (χ0v) is 10.9. The number of para-hydroxylation sites is 1. The molecule has 1 atom stereocenters. The second-order valence-electron chi connectivity index (χ2n) is 3.89. The predicted octanol–water partition coefficient (Wildman–Crippen LogP) is 2.81. The van der Waals surface area contributed by atoms with Gasteiger partial charge in [-0.25, -0.2) is 0 Å². The average Bonchev–Trinajstić information content (AvgIpc) is 2.29. The smallest absolute Gasteiger partial charge is 0.132 e. The normalized spacial score (nSPS) is 21.3. The Morgan fingerprint density at radius 2 is 2.20 bits per heavy atom. The van der Waals surface area contributed by atoms with E-state index in [1.165, 1.54) is 22.8 Å². The molecular formula is C12H16INO. The summed E-state index contributed by atoms with van der Waals surface area (Å²) in [6, 6.07) is 8.70. The standard InChI is InChI=1S/C12H16INO/c13-11-6-1-2-7-12(11)15-9-10-5-3-4-8-14-10/h1-2,6-7,10,14H,3-5,8-9H2. The van der Waals surface area contributed by atoms with Gasteiger partial charge in [0.2, 0.25) is 0 Å². The molecule has 1 aliphatic heterocycles. The van der Waals surface area contributed by atoms with Crippen molar-refractivity contribution in [3.8, 4) is 5.75 Å². The first-order chi connectivity index (χ1) is 7.36. The van der Waals surface area contributed by atoms with E-state index in [0.717, 1.165) is 18.9 Å². The van der Waals surface area contributed by atoms with Crippen molar-refractivity contribution >= 4 is 22.6 Å². The van der Waals surface area contributed by atoms with Crippen molar-refractivity contribution in [3.63, 3.8) is 0 Å². The van der Waals surface area contributed by atoms with E-state index < -0.39 is 0 Å². The van der Waals surface area contributed by atoms with Crippen LogP contribution in [0, 0.1) is 3.57 Å². The molecule has 82 valence electrons. The van der Waals surface area contributed by atoms with Crippen molar-refractivity contribution < 1.29 is 4.74 Å². The highest BCUT2D eigenvalue weighted by Gasteiger charge is 2.13. The first kappa shape index (κ1) is 11.2. The summed E-state index contributed by atoms with van der Waals surface area (Å²) in [4.78, 5) is 0. The molecule has 0 radical (unpaired) electrons. The first-order valence-electron chi connectivity index (χ1n) is 5.47. The van der Waals surface area contributed by atoms with Gasteiger partial charge in [-0.2, -0.15) is 0 Å². The lowest BCUT2D eigenvalue weighted by Gasteiger charge is -2.23. The zero-order chi connectivity index (χ0) is 10.5. The number of benzene rings is 1. The molecule has 3 heteroatoms. The fraction of sp³-hybridized carbons (Fsp3) is 0.500. The van der Waals surface area contributed by atoms with Crippen LogP contribution in [0.15, 0.2) is 24.3 Å². The minimum absolute atomic E-state index is 0.537. The van der Waals surface area contributed by atoms with Crippen LogP contribution >= 0.6 is 22.6 Å². The van der Waals surface area contributed by atoms with Crippen LogP contribution in [0.3, 0.4) is 0 Å². The van der Waals surface area contributed by atoms with Gasteiger partial charge in [0.15, 0.2) is 0 Å². The Bertz CT molecular complexity index is 310. The van der Waals surface area contributed by atoms with Gasteiger partial charge in [0.25, 0.3) is 0 Å². The van der Waals surface area contributed by atoms with Crippen LogP contribution in [0.5, 0.6) is 5.75 Å². The van der Waals surface area contributed by atoms with Crippen molar-refractivity contribution in [2.24, 2.45) is 0 Å². The van der Waals surface area contributed by atoms with Crippen LogP contribution in [0.2, 0.25) is 0 Å². The predicted molar refractivity (Wildman–Crippen MR) is 70.3 cm³/mol. The summed E-state index contributed by atoms with van der Waals surface area (Å²) >= 11 is 2.31. The van der Waals surface area contributed by atoms with Crippen molar-refractivity contribution in [1.29, 1.82) is 0 Å². The minimum Gasteiger partial charge on any atom is -0.491 e. The summed E-state index contributed by atoms with van der Waals surface area (Å²) in [5.41, 5.74) is 0. The molecule has 1 fully saturated rings. The Kier molecular flexibility index (Phi) is 4.26. The van der Waals surface area contributed by atoms with E-state index in [1.807, 2.05) is 18.2 Å². The van der Waals surface area contributed by atoms with E-state index in [9.17, 15) is 0 Å². The van der Waals surface area contributed by atoms with Crippen LogP contribution in [0.4, 0.5) is 0 Å². The average molecular weight is 317 g/mol. The third-order valence-electron chi connectivity index (χ3n) is 2.69. The highest BCUT2D eigenvalue weighted by molar-refractivity contribution is 14.1. The maximum Gasteiger partial charge on any atom is 0.132 e. The quantitative estimate of drug-likeness (QED) is 0.866. The molecule has 0 aromatic heterocycles. The summed E-state index contributed by atoms with van der Waals surface area (Å²) in [7, 11) is 0. The molecule has 1 aromatic rings. The number of piperidine rings is 1. The molecule has 1 heterocycles. The molecule has 1 unspecified atom stereocenters.